The second kappa shape index (κ2) is 5.27. The third-order valence-corrected chi connectivity index (χ3v) is 1.96. The van der Waals surface area contributed by atoms with E-state index in [0.717, 1.165) is 18.4 Å². The number of aryl methyl sites for hydroxylation is 1. The van der Waals surface area contributed by atoms with Crippen LogP contribution in [0.2, 0.25) is 0 Å². The Kier molecular flexibility index (Phi) is 3.98. The van der Waals surface area contributed by atoms with Gasteiger partial charge in [-0.25, -0.2) is 4.98 Å². The summed E-state index contributed by atoms with van der Waals surface area (Å²) in [7, 11) is 0. The van der Waals surface area contributed by atoms with E-state index >= 15 is 0 Å². The van der Waals surface area contributed by atoms with Crippen LogP contribution >= 0.6 is 0 Å². The van der Waals surface area contributed by atoms with Crippen molar-refractivity contribution in [1.82, 2.24) is 4.98 Å². The molecule has 1 aromatic heterocycles. The molecule has 1 aromatic rings. The zero-order valence-electron chi connectivity index (χ0n) is 8.49. The van der Waals surface area contributed by atoms with Gasteiger partial charge in [0.15, 0.2) is 0 Å². The largest absolute Gasteiger partial charge is 0.476 e. The van der Waals surface area contributed by atoms with E-state index in [1.165, 1.54) is 0 Å². The molecule has 0 amide bonds. The van der Waals surface area contributed by atoms with E-state index in [4.69, 9.17) is 10.5 Å². The fourth-order valence-electron chi connectivity index (χ4n) is 1.06. The van der Waals surface area contributed by atoms with Gasteiger partial charge in [-0.1, -0.05) is 6.08 Å². The number of pyridine rings is 1. The molecule has 0 atom stereocenters. The van der Waals surface area contributed by atoms with E-state index in [2.05, 4.69) is 11.6 Å². The smallest absolute Gasteiger partial charge is 0.237 e. The average Bonchev–Trinajstić information content (AvgIpc) is 2.19. The normalized spacial score (nSPS) is 9.79. The van der Waals surface area contributed by atoms with Gasteiger partial charge in [0.2, 0.25) is 5.88 Å². The minimum absolute atomic E-state index is 0.536. The van der Waals surface area contributed by atoms with Gasteiger partial charge in [0, 0.05) is 6.20 Å². The monoisotopic (exact) mass is 192 g/mol. The quantitative estimate of drug-likeness (QED) is 0.575. The van der Waals surface area contributed by atoms with E-state index in [9.17, 15) is 0 Å². The van der Waals surface area contributed by atoms with Crippen LogP contribution in [0.5, 0.6) is 5.88 Å². The van der Waals surface area contributed by atoms with Gasteiger partial charge in [-0.15, -0.1) is 6.58 Å². The minimum atomic E-state index is 0.536. The lowest BCUT2D eigenvalue weighted by molar-refractivity contribution is 0.302. The molecule has 0 bridgehead atoms. The van der Waals surface area contributed by atoms with Gasteiger partial charge in [0.25, 0.3) is 0 Å². The van der Waals surface area contributed by atoms with Crippen LogP contribution in [0.25, 0.3) is 0 Å². The number of hydrogen-bond donors (Lipinski definition) is 1. The van der Waals surface area contributed by atoms with E-state index < -0.39 is 0 Å². The molecule has 0 spiro atoms. The molecule has 1 heterocycles. The van der Waals surface area contributed by atoms with Crippen LogP contribution in [0.1, 0.15) is 18.4 Å². The topological polar surface area (TPSA) is 48.1 Å². The molecular weight excluding hydrogens is 176 g/mol. The van der Waals surface area contributed by atoms with Crippen molar-refractivity contribution < 1.29 is 4.74 Å². The third kappa shape index (κ3) is 2.76. The Bertz CT molecular complexity index is 310. The molecule has 0 saturated heterocycles. The Balaban J connectivity index is 2.50. The number of hydrogen-bond acceptors (Lipinski definition) is 3. The summed E-state index contributed by atoms with van der Waals surface area (Å²) in [6.07, 6.45) is 5.47. The van der Waals surface area contributed by atoms with Gasteiger partial charge in [-0.2, -0.15) is 0 Å². The summed E-state index contributed by atoms with van der Waals surface area (Å²) in [5.41, 5.74) is 7.42. The Labute approximate surface area is 84.6 Å². The second-order valence-electron chi connectivity index (χ2n) is 3.13. The standard InChI is InChI=1S/C11H16N2O/c1-3-4-5-8-14-11-10(12)9(2)6-7-13-11/h3,6-7H,1,4-5,8,12H2,2H3. The van der Waals surface area contributed by atoms with Crippen molar-refractivity contribution in [2.45, 2.75) is 19.8 Å². The number of aromatic nitrogens is 1. The fourth-order valence-corrected chi connectivity index (χ4v) is 1.06. The summed E-state index contributed by atoms with van der Waals surface area (Å²) in [5, 5.41) is 0. The van der Waals surface area contributed by atoms with Crippen molar-refractivity contribution in [1.29, 1.82) is 0 Å². The van der Waals surface area contributed by atoms with Gasteiger partial charge < -0.3 is 10.5 Å². The van der Waals surface area contributed by atoms with Crippen LogP contribution in [-0.4, -0.2) is 11.6 Å². The van der Waals surface area contributed by atoms with Crippen LogP contribution in [-0.2, 0) is 0 Å². The Morgan fingerprint density at radius 2 is 2.43 bits per heavy atom. The highest BCUT2D eigenvalue weighted by Gasteiger charge is 2.03. The van der Waals surface area contributed by atoms with Crippen molar-refractivity contribution in [3.05, 3.63) is 30.5 Å². The molecule has 0 aliphatic heterocycles. The summed E-state index contributed by atoms with van der Waals surface area (Å²) < 4.78 is 5.44. The lowest BCUT2D eigenvalue weighted by Crippen LogP contribution is -2.03. The van der Waals surface area contributed by atoms with Gasteiger partial charge in [0.05, 0.1) is 12.3 Å². The maximum Gasteiger partial charge on any atom is 0.237 e. The maximum absolute atomic E-state index is 5.79. The summed E-state index contributed by atoms with van der Waals surface area (Å²) in [5.74, 6) is 0.536. The van der Waals surface area contributed by atoms with E-state index in [1.54, 1.807) is 6.20 Å². The zero-order chi connectivity index (χ0) is 10.4. The lowest BCUT2D eigenvalue weighted by atomic mass is 10.2. The molecule has 14 heavy (non-hydrogen) atoms. The Morgan fingerprint density at radius 1 is 1.64 bits per heavy atom. The third-order valence-electron chi connectivity index (χ3n) is 1.96. The first-order valence-electron chi connectivity index (χ1n) is 4.70. The molecule has 0 radical (unpaired) electrons. The summed E-state index contributed by atoms with van der Waals surface area (Å²) in [4.78, 5) is 4.06. The highest BCUT2D eigenvalue weighted by atomic mass is 16.5. The van der Waals surface area contributed by atoms with Crippen LogP contribution in [0, 0.1) is 6.92 Å². The fraction of sp³-hybridized carbons (Fsp3) is 0.364. The Hall–Kier alpha value is -1.51. The molecule has 0 fully saturated rings. The molecule has 1 rings (SSSR count). The van der Waals surface area contributed by atoms with E-state index in [1.807, 2.05) is 19.1 Å². The van der Waals surface area contributed by atoms with Crippen LogP contribution < -0.4 is 10.5 Å². The first-order valence-corrected chi connectivity index (χ1v) is 4.70. The highest BCUT2D eigenvalue weighted by Crippen LogP contribution is 2.21. The van der Waals surface area contributed by atoms with Crippen LogP contribution in [0.4, 0.5) is 5.69 Å². The molecule has 0 aliphatic carbocycles. The Morgan fingerprint density at radius 3 is 3.14 bits per heavy atom. The molecule has 3 nitrogen and oxygen atoms in total. The van der Waals surface area contributed by atoms with Gasteiger partial charge in [0.1, 0.15) is 0 Å². The summed E-state index contributed by atoms with van der Waals surface area (Å²) in [6, 6.07) is 1.87. The minimum Gasteiger partial charge on any atom is -0.476 e. The molecule has 0 saturated carbocycles. The number of anilines is 1. The molecular formula is C11H16N2O. The van der Waals surface area contributed by atoms with Crippen LogP contribution in [0.15, 0.2) is 24.9 Å². The number of allylic oxidation sites excluding steroid dienone is 1. The zero-order valence-corrected chi connectivity index (χ0v) is 8.49. The van der Waals surface area contributed by atoms with Crippen molar-refractivity contribution in [2.24, 2.45) is 0 Å². The molecule has 2 N–H and O–H groups in total. The molecule has 0 unspecified atom stereocenters. The number of nitrogen functional groups attached to an aromatic ring is 1. The first kappa shape index (κ1) is 10.6. The van der Waals surface area contributed by atoms with E-state index in [0.29, 0.717) is 18.2 Å². The van der Waals surface area contributed by atoms with Crippen molar-refractivity contribution >= 4 is 5.69 Å². The number of ether oxygens (including phenoxy) is 1. The molecule has 3 heteroatoms. The first-order chi connectivity index (χ1) is 6.75. The van der Waals surface area contributed by atoms with Gasteiger partial charge >= 0.3 is 0 Å². The highest BCUT2D eigenvalue weighted by molar-refractivity contribution is 5.53. The predicted molar refractivity (Wildman–Crippen MR) is 58.3 cm³/mol. The maximum atomic E-state index is 5.79. The van der Waals surface area contributed by atoms with Crippen molar-refractivity contribution in [2.75, 3.05) is 12.3 Å². The van der Waals surface area contributed by atoms with Crippen molar-refractivity contribution in [3.8, 4) is 5.88 Å². The average molecular weight is 192 g/mol. The summed E-state index contributed by atoms with van der Waals surface area (Å²) in [6.45, 7) is 6.21. The van der Waals surface area contributed by atoms with Gasteiger partial charge in [-0.3, -0.25) is 0 Å². The second-order valence-corrected chi connectivity index (χ2v) is 3.13. The lowest BCUT2D eigenvalue weighted by Gasteiger charge is -2.08. The van der Waals surface area contributed by atoms with E-state index in [-0.39, 0.29) is 0 Å². The molecule has 0 aliphatic rings. The predicted octanol–water partition coefficient (Wildman–Crippen LogP) is 2.32. The summed E-state index contributed by atoms with van der Waals surface area (Å²) >= 11 is 0. The molecule has 76 valence electrons. The SMILES string of the molecule is C=CCCCOc1nccc(C)c1N. The van der Waals surface area contributed by atoms with Gasteiger partial charge in [-0.05, 0) is 31.4 Å². The number of unbranched alkanes of at least 4 members (excludes halogenated alkanes) is 1. The number of nitrogens with zero attached hydrogens (tertiary/aromatic N) is 1. The number of rotatable bonds is 5. The number of nitrogens with two attached hydrogens (primary N) is 1. The molecule has 0 aromatic carbocycles. The van der Waals surface area contributed by atoms with Crippen molar-refractivity contribution in [3.63, 3.8) is 0 Å². The van der Waals surface area contributed by atoms with Crippen LogP contribution in [0.3, 0.4) is 0 Å².